The van der Waals surface area contributed by atoms with Gasteiger partial charge in [-0.3, -0.25) is 14.6 Å². The van der Waals surface area contributed by atoms with E-state index in [1.807, 2.05) is 31.2 Å². The van der Waals surface area contributed by atoms with Crippen molar-refractivity contribution in [3.63, 3.8) is 0 Å². The average Bonchev–Trinajstić information content (AvgIpc) is 2.80. The fraction of sp³-hybridized carbons (Fsp3) is 0.292. The summed E-state index contributed by atoms with van der Waals surface area (Å²) in [6.07, 6.45) is 6.64. The Morgan fingerprint density at radius 2 is 1.84 bits per heavy atom. The molecule has 8 heteroatoms. The summed E-state index contributed by atoms with van der Waals surface area (Å²) in [5.41, 5.74) is 2.28. The van der Waals surface area contributed by atoms with Crippen molar-refractivity contribution in [2.75, 3.05) is 36.4 Å². The molecule has 0 unspecified atom stereocenters. The van der Waals surface area contributed by atoms with Gasteiger partial charge in [-0.1, -0.05) is 13.0 Å². The molecule has 6 nitrogen and oxygen atoms in total. The van der Waals surface area contributed by atoms with Gasteiger partial charge in [-0.15, -0.1) is 0 Å². The zero-order chi connectivity index (χ0) is 23.1. The topological polar surface area (TPSA) is 65.5 Å². The zero-order valence-corrected chi connectivity index (χ0v) is 19.7. The van der Waals surface area contributed by atoms with E-state index >= 15 is 0 Å². The maximum Gasteiger partial charge on any atom is 0.257 e. The van der Waals surface area contributed by atoms with Gasteiger partial charge in [0.25, 0.3) is 11.8 Å². The first-order valence-corrected chi connectivity index (χ1v) is 11.3. The molecule has 1 saturated heterocycles. The molecule has 0 atom stereocenters. The summed E-state index contributed by atoms with van der Waals surface area (Å²) in [6, 6.07) is 9.28. The van der Waals surface area contributed by atoms with Crippen molar-refractivity contribution < 1.29 is 14.0 Å². The highest BCUT2D eigenvalue weighted by Crippen LogP contribution is 2.22. The van der Waals surface area contributed by atoms with Crippen LogP contribution in [0.1, 0.15) is 30.6 Å². The smallest absolute Gasteiger partial charge is 0.257 e. The maximum absolute atomic E-state index is 14.2. The van der Waals surface area contributed by atoms with Gasteiger partial charge in [0.15, 0.2) is 0 Å². The number of anilines is 2. The number of carbonyl (C=O) groups is 2. The van der Waals surface area contributed by atoms with Gasteiger partial charge in [0.1, 0.15) is 5.83 Å². The number of piperazine rings is 1. The molecule has 0 spiro atoms. The number of carbonyl (C=O) groups excluding carboxylic acids is 2. The van der Waals surface area contributed by atoms with E-state index in [2.05, 4.69) is 31.1 Å². The first-order valence-electron chi connectivity index (χ1n) is 10.5. The van der Waals surface area contributed by atoms with E-state index in [0.29, 0.717) is 43.9 Å². The minimum atomic E-state index is -0.460. The van der Waals surface area contributed by atoms with Gasteiger partial charge in [0.2, 0.25) is 0 Å². The lowest BCUT2D eigenvalue weighted by molar-refractivity contribution is -0.127. The number of halogens is 2. The minimum Gasteiger partial charge on any atom is -0.368 e. The van der Waals surface area contributed by atoms with Gasteiger partial charge in [-0.05, 0) is 65.7 Å². The molecule has 0 aliphatic carbocycles. The lowest BCUT2D eigenvalue weighted by Crippen LogP contribution is -2.49. The number of hydrogen-bond donors (Lipinski definition) is 1. The molecular formula is C24H26BrFN4O2. The zero-order valence-electron chi connectivity index (χ0n) is 18.1. The lowest BCUT2D eigenvalue weighted by atomic mass is 10.1. The SMILES string of the molecule is C/C=C(C(=O)N1CCN(c2ccc(NC(=O)c3cncc(Br)c3)cc2)CC1)\C(F)=C/CC. The molecule has 168 valence electrons. The number of pyridine rings is 1. The fourth-order valence-corrected chi connectivity index (χ4v) is 3.85. The number of aromatic nitrogens is 1. The van der Waals surface area contributed by atoms with Gasteiger partial charge >= 0.3 is 0 Å². The number of nitrogens with zero attached hydrogens (tertiary/aromatic N) is 3. The number of nitrogens with one attached hydrogen (secondary N) is 1. The first-order chi connectivity index (χ1) is 15.4. The summed E-state index contributed by atoms with van der Waals surface area (Å²) >= 11 is 3.31. The van der Waals surface area contributed by atoms with Crippen LogP contribution in [0, 0.1) is 0 Å². The largest absolute Gasteiger partial charge is 0.368 e. The van der Waals surface area contributed by atoms with Crippen molar-refractivity contribution in [1.29, 1.82) is 0 Å². The summed E-state index contributed by atoms with van der Waals surface area (Å²) in [7, 11) is 0. The molecule has 1 aliphatic heterocycles. The van der Waals surface area contributed by atoms with E-state index in [0.717, 1.165) is 10.2 Å². The Hall–Kier alpha value is -3.00. The predicted octanol–water partition coefficient (Wildman–Crippen LogP) is 4.95. The molecular weight excluding hydrogens is 475 g/mol. The van der Waals surface area contributed by atoms with E-state index in [4.69, 9.17) is 0 Å². The highest BCUT2D eigenvalue weighted by molar-refractivity contribution is 9.10. The van der Waals surface area contributed by atoms with Gasteiger partial charge in [0.05, 0.1) is 11.1 Å². The fourth-order valence-electron chi connectivity index (χ4n) is 3.49. The van der Waals surface area contributed by atoms with Crippen molar-refractivity contribution >= 4 is 39.1 Å². The molecule has 1 aromatic heterocycles. The third kappa shape index (κ3) is 5.82. The van der Waals surface area contributed by atoms with Crippen LogP contribution >= 0.6 is 15.9 Å². The van der Waals surface area contributed by atoms with Crippen molar-refractivity contribution in [3.8, 4) is 0 Å². The Bertz CT molecular complexity index is 1030. The Morgan fingerprint density at radius 3 is 2.44 bits per heavy atom. The highest BCUT2D eigenvalue weighted by atomic mass is 79.9. The van der Waals surface area contributed by atoms with E-state index in [1.165, 1.54) is 18.3 Å². The van der Waals surface area contributed by atoms with Crippen molar-refractivity contribution in [2.24, 2.45) is 0 Å². The maximum atomic E-state index is 14.2. The first kappa shape index (κ1) is 23.7. The average molecular weight is 501 g/mol. The van der Waals surface area contributed by atoms with E-state index in [9.17, 15) is 14.0 Å². The second-order valence-corrected chi connectivity index (χ2v) is 8.25. The molecule has 0 saturated carbocycles. The summed E-state index contributed by atoms with van der Waals surface area (Å²) in [4.78, 5) is 32.9. The summed E-state index contributed by atoms with van der Waals surface area (Å²) in [6.45, 7) is 5.85. The Kier molecular flexibility index (Phi) is 8.16. The quantitative estimate of drug-likeness (QED) is 0.449. The standard InChI is InChI=1S/C24H26BrFN4O2/c1-3-5-22(26)21(4-2)24(32)30-12-10-29(11-13-30)20-8-6-19(7-9-20)28-23(31)17-14-18(25)16-27-15-17/h4-9,14-16H,3,10-13H2,1-2H3,(H,28,31)/b21-4+,22-5+. The van der Waals surface area contributed by atoms with Gasteiger partial charge < -0.3 is 15.1 Å². The van der Waals surface area contributed by atoms with E-state index in [1.54, 1.807) is 24.1 Å². The van der Waals surface area contributed by atoms with Crippen LogP contribution in [0.2, 0.25) is 0 Å². The molecule has 2 amide bonds. The predicted molar refractivity (Wildman–Crippen MR) is 128 cm³/mol. The van der Waals surface area contributed by atoms with E-state index < -0.39 is 5.83 Å². The third-order valence-corrected chi connectivity index (χ3v) is 5.62. The van der Waals surface area contributed by atoms with Crippen LogP contribution in [0.5, 0.6) is 0 Å². The number of amides is 2. The van der Waals surface area contributed by atoms with Gasteiger partial charge in [0, 0.05) is 54.4 Å². The summed E-state index contributed by atoms with van der Waals surface area (Å²) in [5, 5.41) is 2.86. The van der Waals surface area contributed by atoms with Crippen molar-refractivity contribution in [3.05, 3.63) is 76.3 Å². The van der Waals surface area contributed by atoms with Crippen LogP contribution in [0.4, 0.5) is 15.8 Å². The van der Waals surface area contributed by atoms with Crippen LogP contribution in [-0.2, 0) is 4.79 Å². The molecule has 1 N–H and O–H groups in total. The second kappa shape index (κ2) is 11.0. The molecule has 32 heavy (non-hydrogen) atoms. The molecule has 2 heterocycles. The number of hydrogen-bond acceptors (Lipinski definition) is 4. The van der Waals surface area contributed by atoms with Crippen LogP contribution in [0.3, 0.4) is 0 Å². The van der Waals surface area contributed by atoms with Crippen LogP contribution in [0.15, 0.2) is 70.8 Å². The molecule has 1 fully saturated rings. The number of benzene rings is 1. The molecule has 1 aromatic carbocycles. The van der Waals surface area contributed by atoms with Gasteiger partial charge in [-0.2, -0.15) is 0 Å². The number of allylic oxidation sites excluding steroid dienone is 2. The van der Waals surface area contributed by atoms with Crippen LogP contribution in [0.25, 0.3) is 0 Å². The second-order valence-electron chi connectivity index (χ2n) is 7.33. The number of rotatable bonds is 6. The van der Waals surface area contributed by atoms with Gasteiger partial charge in [-0.25, -0.2) is 4.39 Å². The van der Waals surface area contributed by atoms with E-state index in [-0.39, 0.29) is 17.4 Å². The molecule has 3 rings (SSSR count). The molecule has 0 bridgehead atoms. The Balaban J connectivity index is 1.57. The lowest BCUT2D eigenvalue weighted by Gasteiger charge is -2.36. The summed E-state index contributed by atoms with van der Waals surface area (Å²) in [5.74, 6) is -0.962. The molecule has 0 radical (unpaired) electrons. The van der Waals surface area contributed by atoms with Crippen LogP contribution < -0.4 is 10.2 Å². The molecule has 2 aromatic rings. The monoisotopic (exact) mass is 500 g/mol. The Morgan fingerprint density at radius 1 is 1.16 bits per heavy atom. The minimum absolute atomic E-state index is 0.126. The third-order valence-electron chi connectivity index (χ3n) is 5.18. The van der Waals surface area contributed by atoms with Crippen molar-refractivity contribution in [1.82, 2.24) is 9.88 Å². The molecule has 1 aliphatic rings. The Labute approximate surface area is 195 Å². The van der Waals surface area contributed by atoms with Crippen LogP contribution in [-0.4, -0.2) is 47.9 Å². The summed E-state index contributed by atoms with van der Waals surface area (Å²) < 4.78 is 14.9. The highest BCUT2D eigenvalue weighted by Gasteiger charge is 2.25. The normalized spacial score (nSPS) is 15.0. The van der Waals surface area contributed by atoms with Crippen molar-refractivity contribution in [2.45, 2.75) is 20.3 Å².